The largest absolute Gasteiger partial charge is 0.272 e. The van der Waals surface area contributed by atoms with Gasteiger partial charge in [0.25, 0.3) is 5.91 Å². The van der Waals surface area contributed by atoms with E-state index in [1.807, 2.05) is 36.4 Å². The van der Waals surface area contributed by atoms with Crippen molar-refractivity contribution in [3.63, 3.8) is 0 Å². The van der Waals surface area contributed by atoms with Crippen molar-refractivity contribution >= 4 is 12.1 Å². The van der Waals surface area contributed by atoms with E-state index in [-0.39, 0.29) is 17.9 Å². The van der Waals surface area contributed by atoms with Crippen molar-refractivity contribution in [1.29, 1.82) is 0 Å². The number of hydrogen-bond donors (Lipinski definition) is 0. The maximum absolute atomic E-state index is 12.4. The average molecular weight is 251 g/mol. The van der Waals surface area contributed by atoms with Crippen LogP contribution in [0, 0.1) is 5.92 Å². The third-order valence-corrected chi connectivity index (χ3v) is 3.92. The zero-order valence-corrected chi connectivity index (χ0v) is 10.5. The quantitative estimate of drug-likeness (QED) is 0.655. The molecule has 0 saturated heterocycles. The molecule has 2 atom stereocenters. The van der Waals surface area contributed by atoms with Crippen molar-refractivity contribution in [2.75, 3.05) is 7.05 Å². The Morgan fingerprint density at radius 2 is 2.11 bits per heavy atom. The Balaban J connectivity index is 1.92. The van der Waals surface area contributed by atoms with Gasteiger partial charge in [-0.25, -0.2) is 0 Å². The van der Waals surface area contributed by atoms with E-state index in [1.54, 1.807) is 11.2 Å². The van der Waals surface area contributed by atoms with Crippen molar-refractivity contribution < 1.29 is 4.79 Å². The maximum Gasteiger partial charge on any atom is 0.253 e. The topological polar surface area (TPSA) is 35.9 Å². The molecular weight excluding hydrogens is 238 g/mol. The first-order valence-electron chi connectivity index (χ1n) is 6.35. The Morgan fingerprint density at radius 3 is 3.00 bits per heavy atom. The summed E-state index contributed by atoms with van der Waals surface area (Å²) in [6.45, 7) is 0. The first-order chi connectivity index (χ1) is 9.27. The summed E-state index contributed by atoms with van der Waals surface area (Å²) >= 11 is 0. The molecule has 0 spiro atoms. The average Bonchev–Trinajstić information content (AvgIpc) is 2.84. The SMILES string of the molecule is CN1C(=O)C2C=CC=NC2=C2C=C3C=CC=CC3N21. The van der Waals surface area contributed by atoms with Gasteiger partial charge in [0.15, 0.2) is 0 Å². The molecule has 3 aliphatic heterocycles. The number of fused-ring (bicyclic) bond motifs is 4. The van der Waals surface area contributed by atoms with E-state index in [0.29, 0.717) is 0 Å². The van der Waals surface area contributed by atoms with E-state index >= 15 is 0 Å². The number of rotatable bonds is 0. The van der Waals surface area contributed by atoms with Gasteiger partial charge in [-0.3, -0.25) is 19.8 Å². The molecule has 0 aromatic rings. The zero-order valence-electron chi connectivity index (χ0n) is 10.5. The van der Waals surface area contributed by atoms with Crippen LogP contribution in [0.15, 0.2) is 64.5 Å². The molecule has 4 rings (SSSR count). The van der Waals surface area contributed by atoms with Crippen molar-refractivity contribution in [2.24, 2.45) is 10.9 Å². The van der Waals surface area contributed by atoms with Gasteiger partial charge < -0.3 is 0 Å². The predicted molar refractivity (Wildman–Crippen MR) is 72.9 cm³/mol. The highest BCUT2D eigenvalue weighted by Crippen LogP contribution is 2.40. The Kier molecular flexibility index (Phi) is 1.98. The molecule has 19 heavy (non-hydrogen) atoms. The fourth-order valence-corrected chi connectivity index (χ4v) is 3.00. The second-order valence-electron chi connectivity index (χ2n) is 4.95. The summed E-state index contributed by atoms with van der Waals surface area (Å²) in [6.07, 6.45) is 15.9. The number of carbonyl (C=O) groups excluding carboxylic acids is 1. The molecule has 0 fully saturated rings. The van der Waals surface area contributed by atoms with Crippen LogP contribution < -0.4 is 0 Å². The number of aliphatic imine (C=N–C) groups is 1. The maximum atomic E-state index is 12.4. The van der Waals surface area contributed by atoms with Gasteiger partial charge in [0.1, 0.15) is 5.92 Å². The van der Waals surface area contributed by atoms with Gasteiger partial charge in [-0.15, -0.1) is 0 Å². The van der Waals surface area contributed by atoms with E-state index in [2.05, 4.69) is 23.2 Å². The number of allylic oxidation sites excluding steroid dienone is 4. The summed E-state index contributed by atoms with van der Waals surface area (Å²) in [6, 6.07) is 0.114. The van der Waals surface area contributed by atoms with E-state index in [1.165, 1.54) is 5.57 Å². The van der Waals surface area contributed by atoms with Gasteiger partial charge in [0.2, 0.25) is 0 Å². The molecule has 2 unspecified atom stereocenters. The lowest BCUT2D eigenvalue weighted by atomic mass is 9.98. The van der Waals surface area contributed by atoms with Crippen LogP contribution in [0.1, 0.15) is 0 Å². The highest BCUT2D eigenvalue weighted by molar-refractivity contribution is 5.89. The summed E-state index contributed by atoms with van der Waals surface area (Å²) in [5.74, 6) is -0.171. The number of hydrazine groups is 1. The second-order valence-corrected chi connectivity index (χ2v) is 4.95. The van der Waals surface area contributed by atoms with E-state index in [0.717, 1.165) is 11.4 Å². The van der Waals surface area contributed by atoms with Crippen LogP contribution in [0.25, 0.3) is 0 Å². The molecule has 0 bridgehead atoms. The number of carbonyl (C=O) groups is 1. The van der Waals surface area contributed by atoms with Gasteiger partial charge in [0, 0.05) is 13.3 Å². The normalized spacial score (nSPS) is 30.6. The van der Waals surface area contributed by atoms with Crippen LogP contribution in [0.4, 0.5) is 0 Å². The van der Waals surface area contributed by atoms with Crippen molar-refractivity contribution in [2.45, 2.75) is 6.04 Å². The fourth-order valence-electron chi connectivity index (χ4n) is 3.00. The van der Waals surface area contributed by atoms with Gasteiger partial charge in [-0.2, -0.15) is 0 Å². The molecule has 4 nitrogen and oxygen atoms in total. The highest BCUT2D eigenvalue weighted by Gasteiger charge is 2.43. The molecule has 0 saturated carbocycles. The Labute approximate surface area is 111 Å². The minimum Gasteiger partial charge on any atom is -0.272 e. The Bertz CT molecular complexity index is 648. The van der Waals surface area contributed by atoms with Crippen LogP contribution in [-0.4, -0.2) is 35.2 Å². The van der Waals surface area contributed by atoms with Gasteiger partial charge in [-0.1, -0.05) is 30.4 Å². The molecular formula is C15H13N3O. The van der Waals surface area contributed by atoms with E-state index in [9.17, 15) is 4.79 Å². The predicted octanol–water partition coefficient (Wildman–Crippen LogP) is 1.58. The molecule has 0 aromatic heterocycles. The van der Waals surface area contributed by atoms with Crippen LogP contribution in [0.2, 0.25) is 0 Å². The van der Waals surface area contributed by atoms with Crippen LogP contribution in [-0.2, 0) is 4.79 Å². The van der Waals surface area contributed by atoms with Crippen molar-refractivity contribution in [3.8, 4) is 0 Å². The molecule has 1 aliphatic carbocycles. The van der Waals surface area contributed by atoms with Crippen LogP contribution >= 0.6 is 0 Å². The van der Waals surface area contributed by atoms with E-state index < -0.39 is 0 Å². The molecule has 94 valence electrons. The summed E-state index contributed by atoms with van der Waals surface area (Å²) in [5, 5.41) is 3.74. The second kappa shape index (κ2) is 3.57. The third-order valence-electron chi connectivity index (χ3n) is 3.92. The lowest BCUT2D eigenvalue weighted by Crippen LogP contribution is -2.52. The minimum atomic E-state index is -0.244. The monoisotopic (exact) mass is 251 g/mol. The Morgan fingerprint density at radius 1 is 1.21 bits per heavy atom. The summed E-state index contributed by atoms with van der Waals surface area (Å²) in [5.41, 5.74) is 3.09. The first-order valence-corrected chi connectivity index (χ1v) is 6.35. The molecule has 4 heteroatoms. The number of amides is 1. The van der Waals surface area contributed by atoms with Crippen LogP contribution in [0.3, 0.4) is 0 Å². The smallest absolute Gasteiger partial charge is 0.253 e. The summed E-state index contributed by atoms with van der Waals surface area (Å²) < 4.78 is 0. The molecule has 4 aliphatic rings. The number of hydrogen-bond acceptors (Lipinski definition) is 3. The molecule has 0 N–H and O–H groups in total. The number of dihydropyridines is 1. The molecule has 3 heterocycles. The molecule has 1 amide bonds. The van der Waals surface area contributed by atoms with Gasteiger partial charge in [-0.05, 0) is 17.7 Å². The fraction of sp³-hybridized carbons (Fsp3) is 0.200. The number of nitrogens with zero attached hydrogens (tertiary/aromatic N) is 3. The third kappa shape index (κ3) is 1.28. The van der Waals surface area contributed by atoms with Crippen molar-refractivity contribution in [1.82, 2.24) is 10.0 Å². The molecule has 0 radical (unpaired) electrons. The van der Waals surface area contributed by atoms with Crippen LogP contribution in [0.5, 0.6) is 0 Å². The van der Waals surface area contributed by atoms with Crippen molar-refractivity contribution in [3.05, 3.63) is 59.5 Å². The first kappa shape index (κ1) is 10.6. The Hall–Kier alpha value is -2.36. The minimum absolute atomic E-state index is 0.0736. The van der Waals surface area contributed by atoms with Gasteiger partial charge in [0.05, 0.1) is 17.4 Å². The highest BCUT2D eigenvalue weighted by atomic mass is 16.2. The standard InChI is InChI=1S/C15H13N3O/c1-17-15(19)11-6-4-8-16-14(11)13-9-10-5-2-3-7-12(10)18(13)17/h2-9,11-12H,1H3. The zero-order chi connectivity index (χ0) is 13.0. The molecule has 0 aromatic carbocycles. The lowest BCUT2D eigenvalue weighted by molar-refractivity contribution is -0.147. The summed E-state index contributed by atoms with van der Waals surface area (Å²) in [7, 11) is 1.83. The lowest BCUT2D eigenvalue weighted by Gasteiger charge is -2.42. The summed E-state index contributed by atoms with van der Waals surface area (Å²) in [4.78, 5) is 16.9. The van der Waals surface area contributed by atoms with E-state index in [4.69, 9.17) is 0 Å². The van der Waals surface area contributed by atoms with Gasteiger partial charge >= 0.3 is 0 Å².